The van der Waals surface area contributed by atoms with Crippen LogP contribution >= 0.6 is 0 Å². The first kappa shape index (κ1) is 23.7. The molecule has 2 aromatic rings. The van der Waals surface area contributed by atoms with E-state index < -0.39 is 11.8 Å². The first-order chi connectivity index (χ1) is 14.7. The van der Waals surface area contributed by atoms with Crippen molar-refractivity contribution in [1.82, 2.24) is 0 Å². The third kappa shape index (κ3) is 9.73. The minimum absolute atomic E-state index is 0.601. The van der Waals surface area contributed by atoms with Gasteiger partial charge in [0.15, 0.2) is 0 Å². The Morgan fingerprint density at radius 2 is 1.07 bits per heavy atom. The Balaban J connectivity index is 1.59. The Hall–Kier alpha value is -2.62. The minimum atomic E-state index is -0.671. The van der Waals surface area contributed by atoms with Crippen molar-refractivity contribution in [3.05, 3.63) is 60.2 Å². The van der Waals surface area contributed by atoms with Gasteiger partial charge in [0.2, 0.25) is 0 Å². The number of anilines is 2. The van der Waals surface area contributed by atoms with Gasteiger partial charge in [-0.3, -0.25) is 9.59 Å². The number of carbonyl (C=O) groups excluding carboxylic acids is 2. The third-order valence-corrected chi connectivity index (χ3v) is 5.27. The molecule has 4 nitrogen and oxygen atoms in total. The summed E-state index contributed by atoms with van der Waals surface area (Å²) in [6.45, 7) is 2.26. The van der Waals surface area contributed by atoms with Crippen molar-refractivity contribution in [1.29, 1.82) is 0 Å². The predicted octanol–water partition coefficient (Wildman–Crippen LogP) is 6.73. The van der Waals surface area contributed by atoms with Crippen LogP contribution in [0.15, 0.2) is 54.6 Å². The van der Waals surface area contributed by atoms with Crippen LogP contribution in [0.5, 0.6) is 0 Å². The second-order valence-corrected chi connectivity index (χ2v) is 7.90. The molecule has 2 rings (SSSR count). The lowest BCUT2D eigenvalue weighted by atomic mass is 10.0. The van der Waals surface area contributed by atoms with Crippen LogP contribution in [0.4, 0.5) is 11.4 Å². The van der Waals surface area contributed by atoms with E-state index in [0.29, 0.717) is 11.4 Å². The number of aryl methyl sites for hydroxylation is 1. The Bertz CT molecular complexity index is 741. The SMILES string of the molecule is CCCCCCCCCCCCc1ccc(NC(=O)C(=O)Nc2ccccc2)cc1. The molecule has 0 atom stereocenters. The molecule has 0 aliphatic carbocycles. The molecule has 162 valence electrons. The van der Waals surface area contributed by atoms with E-state index in [1.54, 1.807) is 24.3 Å². The van der Waals surface area contributed by atoms with E-state index in [2.05, 4.69) is 17.6 Å². The van der Waals surface area contributed by atoms with Gasteiger partial charge in [0, 0.05) is 11.4 Å². The van der Waals surface area contributed by atoms with Crippen LogP contribution in [-0.4, -0.2) is 11.8 Å². The predicted molar refractivity (Wildman–Crippen MR) is 126 cm³/mol. The highest BCUT2D eigenvalue weighted by Gasteiger charge is 2.13. The number of amides is 2. The van der Waals surface area contributed by atoms with Crippen LogP contribution < -0.4 is 10.6 Å². The lowest BCUT2D eigenvalue weighted by Crippen LogP contribution is -2.29. The molecule has 0 bridgehead atoms. The monoisotopic (exact) mass is 408 g/mol. The first-order valence-corrected chi connectivity index (χ1v) is 11.5. The molecule has 2 N–H and O–H groups in total. The van der Waals surface area contributed by atoms with Gasteiger partial charge in [0.05, 0.1) is 0 Å². The molecular weight excluding hydrogens is 372 g/mol. The van der Waals surface area contributed by atoms with Crippen LogP contribution in [0, 0.1) is 0 Å². The highest BCUT2D eigenvalue weighted by atomic mass is 16.2. The number of hydrogen-bond donors (Lipinski definition) is 2. The largest absolute Gasteiger partial charge is 0.318 e. The quantitative estimate of drug-likeness (QED) is 0.285. The molecule has 30 heavy (non-hydrogen) atoms. The van der Waals surface area contributed by atoms with Crippen molar-refractivity contribution < 1.29 is 9.59 Å². The van der Waals surface area contributed by atoms with Gasteiger partial charge in [0.1, 0.15) is 0 Å². The third-order valence-electron chi connectivity index (χ3n) is 5.27. The van der Waals surface area contributed by atoms with Crippen LogP contribution in [0.2, 0.25) is 0 Å². The van der Waals surface area contributed by atoms with Crippen molar-refractivity contribution in [3.63, 3.8) is 0 Å². The second-order valence-electron chi connectivity index (χ2n) is 7.90. The molecule has 0 heterocycles. The molecule has 0 aliphatic rings. The standard InChI is InChI=1S/C26H36N2O2/c1-2-3-4-5-6-7-8-9-10-12-15-22-18-20-24(21-19-22)28-26(30)25(29)27-23-16-13-11-14-17-23/h11,13-14,16-21H,2-10,12,15H2,1H3,(H,27,29)(H,28,30). The zero-order valence-corrected chi connectivity index (χ0v) is 18.3. The average molecular weight is 409 g/mol. The second kappa shape index (κ2) is 14.4. The van der Waals surface area contributed by atoms with E-state index >= 15 is 0 Å². The summed E-state index contributed by atoms with van der Waals surface area (Å²) in [6.07, 6.45) is 14.4. The molecular formula is C26H36N2O2. The maximum Gasteiger partial charge on any atom is 0.314 e. The van der Waals surface area contributed by atoms with Gasteiger partial charge in [-0.2, -0.15) is 0 Å². The first-order valence-electron chi connectivity index (χ1n) is 11.5. The number of carbonyl (C=O) groups is 2. The minimum Gasteiger partial charge on any atom is -0.318 e. The number of unbranched alkanes of at least 4 members (excludes halogenated alkanes) is 9. The molecule has 0 spiro atoms. The highest BCUT2D eigenvalue weighted by molar-refractivity contribution is 6.43. The van der Waals surface area contributed by atoms with Gasteiger partial charge in [-0.1, -0.05) is 95.0 Å². The Morgan fingerprint density at radius 3 is 1.60 bits per heavy atom. The van der Waals surface area contributed by atoms with Crippen molar-refractivity contribution in [3.8, 4) is 0 Å². The average Bonchev–Trinajstić information content (AvgIpc) is 2.77. The molecule has 0 fully saturated rings. The van der Waals surface area contributed by atoms with Crippen molar-refractivity contribution in [2.24, 2.45) is 0 Å². The molecule has 4 heteroatoms. The van der Waals surface area contributed by atoms with Gasteiger partial charge in [-0.05, 0) is 42.7 Å². The van der Waals surface area contributed by atoms with Crippen molar-refractivity contribution >= 4 is 23.2 Å². The van der Waals surface area contributed by atoms with Gasteiger partial charge < -0.3 is 10.6 Å². The maximum absolute atomic E-state index is 12.0. The molecule has 2 aromatic carbocycles. The van der Waals surface area contributed by atoms with Crippen molar-refractivity contribution in [2.75, 3.05) is 10.6 Å². The number of nitrogens with one attached hydrogen (secondary N) is 2. The number of para-hydroxylation sites is 1. The van der Waals surface area contributed by atoms with Crippen LogP contribution in [0.1, 0.15) is 76.7 Å². The molecule has 0 unspecified atom stereocenters. The van der Waals surface area contributed by atoms with E-state index in [0.717, 1.165) is 6.42 Å². The summed E-state index contributed by atoms with van der Waals surface area (Å²) in [5.41, 5.74) is 2.50. The lowest BCUT2D eigenvalue weighted by Gasteiger charge is -2.08. The summed E-state index contributed by atoms with van der Waals surface area (Å²) in [7, 11) is 0. The Morgan fingerprint density at radius 1 is 0.600 bits per heavy atom. The number of rotatable bonds is 13. The molecule has 0 saturated carbocycles. The lowest BCUT2D eigenvalue weighted by molar-refractivity contribution is -0.132. The molecule has 0 aliphatic heterocycles. The summed E-state index contributed by atoms with van der Waals surface area (Å²) in [5, 5.41) is 5.23. The summed E-state index contributed by atoms with van der Waals surface area (Å²) in [6, 6.07) is 16.7. The fourth-order valence-corrected chi connectivity index (χ4v) is 3.47. The van der Waals surface area contributed by atoms with E-state index in [-0.39, 0.29) is 0 Å². The fraction of sp³-hybridized carbons (Fsp3) is 0.462. The Labute approximate surface area is 181 Å². The number of benzene rings is 2. The maximum atomic E-state index is 12.0. The summed E-state index contributed by atoms with van der Waals surface area (Å²) in [4.78, 5) is 24.0. The number of hydrogen-bond acceptors (Lipinski definition) is 2. The zero-order chi connectivity index (χ0) is 21.4. The molecule has 2 amide bonds. The molecule has 0 aromatic heterocycles. The van der Waals surface area contributed by atoms with E-state index in [9.17, 15) is 9.59 Å². The van der Waals surface area contributed by atoms with Gasteiger partial charge in [-0.15, -0.1) is 0 Å². The summed E-state index contributed by atoms with van der Waals surface area (Å²) < 4.78 is 0. The smallest absolute Gasteiger partial charge is 0.314 e. The molecule has 0 saturated heterocycles. The summed E-state index contributed by atoms with van der Waals surface area (Å²) >= 11 is 0. The summed E-state index contributed by atoms with van der Waals surface area (Å²) in [5.74, 6) is -1.34. The van der Waals surface area contributed by atoms with Gasteiger partial charge in [0.25, 0.3) is 0 Å². The normalized spacial score (nSPS) is 10.6. The highest BCUT2D eigenvalue weighted by Crippen LogP contribution is 2.15. The van der Waals surface area contributed by atoms with Crippen molar-refractivity contribution in [2.45, 2.75) is 77.6 Å². The van der Waals surface area contributed by atoms with Crippen LogP contribution in [-0.2, 0) is 16.0 Å². The van der Waals surface area contributed by atoms with Gasteiger partial charge in [-0.25, -0.2) is 0 Å². The molecule has 0 radical (unpaired) electrons. The Kier molecular flexibility index (Phi) is 11.3. The van der Waals surface area contributed by atoms with Crippen LogP contribution in [0.25, 0.3) is 0 Å². The van der Waals surface area contributed by atoms with E-state index in [4.69, 9.17) is 0 Å². The van der Waals surface area contributed by atoms with Crippen LogP contribution in [0.3, 0.4) is 0 Å². The zero-order valence-electron chi connectivity index (χ0n) is 18.3. The van der Waals surface area contributed by atoms with E-state index in [1.807, 2.05) is 30.3 Å². The van der Waals surface area contributed by atoms with Gasteiger partial charge >= 0.3 is 11.8 Å². The fourth-order valence-electron chi connectivity index (χ4n) is 3.47. The topological polar surface area (TPSA) is 58.2 Å². The van der Waals surface area contributed by atoms with E-state index in [1.165, 1.54) is 69.8 Å².